The number of aryl methyl sites for hydroxylation is 1. The number of carbonyl (C=O) groups is 1. The number of imidazole rings is 1. The summed E-state index contributed by atoms with van der Waals surface area (Å²) in [5.74, 6) is -0.132. The SMILES string of the molecule is Cn1ccnc1C(NC(=O)/C=C/c1cn(Cc2ccccc2)nn1)c1cccc(F)c1. The largest absolute Gasteiger partial charge is 0.339 e. The smallest absolute Gasteiger partial charge is 0.244 e. The molecule has 0 aliphatic rings. The van der Waals surface area contributed by atoms with E-state index in [0.717, 1.165) is 5.56 Å². The lowest BCUT2D eigenvalue weighted by molar-refractivity contribution is -0.117. The molecule has 0 saturated carbocycles. The maximum atomic E-state index is 13.8. The van der Waals surface area contributed by atoms with Gasteiger partial charge < -0.3 is 9.88 Å². The molecule has 4 rings (SSSR count). The minimum absolute atomic E-state index is 0.352. The number of benzene rings is 2. The van der Waals surface area contributed by atoms with Gasteiger partial charge in [-0.25, -0.2) is 14.1 Å². The van der Waals surface area contributed by atoms with Gasteiger partial charge in [0.2, 0.25) is 5.91 Å². The molecular weight excluding hydrogens is 395 g/mol. The molecule has 1 N–H and O–H groups in total. The van der Waals surface area contributed by atoms with Crippen LogP contribution >= 0.6 is 0 Å². The molecule has 1 amide bonds. The molecule has 8 heteroatoms. The monoisotopic (exact) mass is 416 g/mol. The summed E-state index contributed by atoms with van der Waals surface area (Å²) in [6, 6.07) is 15.4. The zero-order valence-electron chi connectivity index (χ0n) is 16.9. The summed E-state index contributed by atoms with van der Waals surface area (Å²) in [4.78, 5) is 16.9. The Hall–Kier alpha value is -4.07. The predicted octanol–water partition coefficient (Wildman–Crippen LogP) is 3.12. The van der Waals surface area contributed by atoms with Crippen molar-refractivity contribution in [2.24, 2.45) is 7.05 Å². The molecule has 1 atom stereocenters. The first-order valence-corrected chi connectivity index (χ1v) is 9.74. The second kappa shape index (κ2) is 9.17. The van der Waals surface area contributed by atoms with Crippen LogP contribution in [0.5, 0.6) is 0 Å². The molecule has 0 bridgehead atoms. The Bertz CT molecular complexity index is 1200. The fourth-order valence-electron chi connectivity index (χ4n) is 3.23. The number of aromatic nitrogens is 5. The minimum atomic E-state index is -0.596. The predicted molar refractivity (Wildman–Crippen MR) is 114 cm³/mol. The highest BCUT2D eigenvalue weighted by molar-refractivity contribution is 5.91. The van der Waals surface area contributed by atoms with E-state index in [1.54, 1.807) is 46.0 Å². The molecule has 0 saturated heterocycles. The third-order valence-corrected chi connectivity index (χ3v) is 4.73. The van der Waals surface area contributed by atoms with Crippen LogP contribution in [0.3, 0.4) is 0 Å². The van der Waals surface area contributed by atoms with Gasteiger partial charge >= 0.3 is 0 Å². The maximum Gasteiger partial charge on any atom is 0.244 e. The molecule has 31 heavy (non-hydrogen) atoms. The van der Waals surface area contributed by atoms with E-state index < -0.39 is 6.04 Å². The van der Waals surface area contributed by atoms with Gasteiger partial charge in [-0.2, -0.15) is 0 Å². The zero-order valence-corrected chi connectivity index (χ0v) is 16.9. The van der Waals surface area contributed by atoms with E-state index in [2.05, 4.69) is 20.6 Å². The second-order valence-corrected chi connectivity index (χ2v) is 7.05. The van der Waals surface area contributed by atoms with Gasteiger partial charge in [-0.15, -0.1) is 5.10 Å². The van der Waals surface area contributed by atoms with Gasteiger partial charge in [-0.1, -0.05) is 47.7 Å². The molecule has 0 fully saturated rings. The number of nitrogens with zero attached hydrogens (tertiary/aromatic N) is 5. The lowest BCUT2D eigenvalue weighted by atomic mass is 10.1. The van der Waals surface area contributed by atoms with E-state index in [9.17, 15) is 9.18 Å². The van der Waals surface area contributed by atoms with Crippen molar-refractivity contribution in [1.82, 2.24) is 29.9 Å². The number of hydrogen-bond acceptors (Lipinski definition) is 4. The van der Waals surface area contributed by atoms with Crippen molar-refractivity contribution in [2.45, 2.75) is 12.6 Å². The Labute approximate surface area is 178 Å². The highest BCUT2D eigenvalue weighted by Gasteiger charge is 2.20. The Morgan fingerprint density at radius 3 is 2.77 bits per heavy atom. The molecule has 1 unspecified atom stereocenters. The normalized spacial score (nSPS) is 12.2. The summed E-state index contributed by atoms with van der Waals surface area (Å²) >= 11 is 0. The van der Waals surface area contributed by atoms with Gasteiger partial charge in [-0.3, -0.25) is 4.79 Å². The van der Waals surface area contributed by atoms with Gasteiger partial charge in [0.05, 0.1) is 12.7 Å². The number of nitrogens with one attached hydrogen (secondary N) is 1. The molecule has 0 radical (unpaired) electrons. The number of carbonyl (C=O) groups excluding carboxylic acids is 1. The number of amides is 1. The zero-order chi connectivity index (χ0) is 21.6. The number of hydrogen-bond donors (Lipinski definition) is 1. The first kappa shape index (κ1) is 20.2. The van der Waals surface area contributed by atoms with Crippen molar-refractivity contribution in [3.8, 4) is 0 Å². The number of halogens is 1. The Balaban J connectivity index is 1.47. The summed E-state index contributed by atoms with van der Waals surface area (Å²) in [6.45, 7) is 0.592. The van der Waals surface area contributed by atoms with Gasteiger partial charge in [0.1, 0.15) is 23.4 Å². The Morgan fingerprint density at radius 1 is 1.19 bits per heavy atom. The molecule has 2 aromatic carbocycles. The number of rotatable bonds is 7. The third-order valence-electron chi connectivity index (χ3n) is 4.73. The maximum absolute atomic E-state index is 13.8. The summed E-state index contributed by atoms with van der Waals surface area (Å²) in [6.07, 6.45) is 8.14. The summed E-state index contributed by atoms with van der Waals surface area (Å²) in [5, 5.41) is 11.1. The van der Waals surface area contributed by atoms with Gasteiger partial charge in [0.25, 0.3) is 0 Å². The van der Waals surface area contributed by atoms with E-state index in [-0.39, 0.29) is 11.7 Å². The average molecular weight is 416 g/mol. The van der Waals surface area contributed by atoms with Gasteiger partial charge in [0.15, 0.2) is 0 Å². The fourth-order valence-corrected chi connectivity index (χ4v) is 3.23. The summed E-state index contributed by atoms with van der Waals surface area (Å²) < 4.78 is 17.3. The van der Waals surface area contributed by atoms with Crippen LogP contribution in [0.25, 0.3) is 6.08 Å². The van der Waals surface area contributed by atoms with Crippen molar-refractivity contribution in [1.29, 1.82) is 0 Å². The average Bonchev–Trinajstić information content (AvgIpc) is 3.40. The van der Waals surface area contributed by atoms with Crippen molar-refractivity contribution < 1.29 is 9.18 Å². The molecule has 0 spiro atoms. The molecule has 0 aliphatic heterocycles. The van der Waals surface area contributed by atoms with Crippen LogP contribution < -0.4 is 5.32 Å². The van der Waals surface area contributed by atoms with Crippen molar-refractivity contribution >= 4 is 12.0 Å². The Kier molecular flexibility index (Phi) is 5.98. The first-order valence-electron chi connectivity index (χ1n) is 9.74. The van der Waals surface area contributed by atoms with Gasteiger partial charge in [0, 0.05) is 25.5 Å². The molecule has 156 valence electrons. The van der Waals surface area contributed by atoms with Gasteiger partial charge in [-0.05, 0) is 29.3 Å². The standard InChI is InChI=1S/C23H21FN6O/c1-29-13-12-25-23(29)22(18-8-5-9-19(24)14-18)26-21(31)11-10-20-16-30(28-27-20)15-17-6-3-2-4-7-17/h2-14,16,22H,15H2,1H3,(H,26,31)/b11-10+. The third kappa shape index (κ3) is 5.11. The van der Waals surface area contributed by atoms with E-state index in [1.807, 2.05) is 37.4 Å². The minimum Gasteiger partial charge on any atom is -0.339 e. The molecule has 2 heterocycles. The van der Waals surface area contributed by atoms with Crippen LogP contribution in [0.2, 0.25) is 0 Å². The summed E-state index contributed by atoms with van der Waals surface area (Å²) in [7, 11) is 1.82. The highest BCUT2D eigenvalue weighted by atomic mass is 19.1. The van der Waals surface area contributed by atoms with Crippen LogP contribution in [0.4, 0.5) is 4.39 Å². The lowest BCUT2D eigenvalue weighted by Crippen LogP contribution is -2.29. The first-order chi connectivity index (χ1) is 15.1. The van der Waals surface area contributed by atoms with E-state index in [0.29, 0.717) is 23.6 Å². The van der Waals surface area contributed by atoms with Crippen LogP contribution in [-0.2, 0) is 18.4 Å². The highest BCUT2D eigenvalue weighted by Crippen LogP contribution is 2.21. The molecule has 0 aliphatic carbocycles. The van der Waals surface area contributed by atoms with Crippen LogP contribution in [0.1, 0.15) is 28.7 Å². The van der Waals surface area contributed by atoms with E-state index >= 15 is 0 Å². The van der Waals surface area contributed by atoms with Crippen LogP contribution in [0, 0.1) is 5.82 Å². The quantitative estimate of drug-likeness (QED) is 0.470. The van der Waals surface area contributed by atoms with Crippen LogP contribution in [-0.4, -0.2) is 30.5 Å². The van der Waals surface area contributed by atoms with E-state index in [4.69, 9.17) is 0 Å². The molecule has 4 aromatic rings. The van der Waals surface area contributed by atoms with Crippen molar-refractivity contribution in [3.05, 3.63) is 108 Å². The summed E-state index contributed by atoms with van der Waals surface area (Å²) in [5.41, 5.74) is 2.27. The Morgan fingerprint density at radius 2 is 2.03 bits per heavy atom. The van der Waals surface area contributed by atoms with Crippen molar-refractivity contribution in [3.63, 3.8) is 0 Å². The molecule has 7 nitrogen and oxygen atoms in total. The second-order valence-electron chi connectivity index (χ2n) is 7.05. The lowest BCUT2D eigenvalue weighted by Gasteiger charge is -2.18. The fraction of sp³-hybridized carbons (Fsp3) is 0.130. The van der Waals surface area contributed by atoms with Crippen LogP contribution in [0.15, 0.2) is 79.3 Å². The molecule has 2 aromatic heterocycles. The van der Waals surface area contributed by atoms with Crippen molar-refractivity contribution in [2.75, 3.05) is 0 Å². The van der Waals surface area contributed by atoms with E-state index in [1.165, 1.54) is 18.2 Å². The topological polar surface area (TPSA) is 77.6 Å². The molecular formula is C23H21FN6O.